The molecule has 2 atom stereocenters. The van der Waals surface area contributed by atoms with E-state index in [4.69, 9.17) is 5.73 Å². The zero-order chi connectivity index (χ0) is 22.8. The Hall–Kier alpha value is -1.39. The zero-order valence-corrected chi connectivity index (χ0v) is 22.7. The van der Waals surface area contributed by atoms with Gasteiger partial charge in [-0.05, 0) is 63.2 Å². The molecule has 1 amide bonds. The summed E-state index contributed by atoms with van der Waals surface area (Å²) >= 11 is 0. The standard InChI is InChI=1S/C25H42N6O.HI/c1-20-8-3-4-14-31(20)15-7-12-28-25(27-2)29-17-21-9-5-10-22(16-21)18-30-13-6-11-23(19-30)24(26)32;/h5,9-10,16,20,23H,3-4,6-8,11-15,17-19H2,1-2H3,(H2,26,32)(H2,27,28,29);1H. The van der Waals surface area contributed by atoms with Crippen LogP contribution in [0.15, 0.2) is 29.3 Å². The molecule has 2 heterocycles. The van der Waals surface area contributed by atoms with Gasteiger partial charge in [-0.25, -0.2) is 0 Å². The molecule has 0 aromatic heterocycles. The normalized spacial score (nSPS) is 22.4. The van der Waals surface area contributed by atoms with Crippen molar-refractivity contribution in [3.8, 4) is 0 Å². The summed E-state index contributed by atoms with van der Waals surface area (Å²) in [5.41, 5.74) is 8.03. The molecule has 0 aliphatic carbocycles. The number of carbonyl (C=O) groups excluding carboxylic acids is 1. The number of primary amides is 1. The molecular formula is C25H43IN6O. The van der Waals surface area contributed by atoms with Gasteiger partial charge in [-0.3, -0.25) is 14.7 Å². The molecule has 0 bridgehead atoms. The van der Waals surface area contributed by atoms with Crippen molar-refractivity contribution in [2.24, 2.45) is 16.6 Å². The van der Waals surface area contributed by atoms with E-state index < -0.39 is 0 Å². The van der Waals surface area contributed by atoms with Crippen molar-refractivity contribution in [2.75, 3.05) is 39.8 Å². The lowest BCUT2D eigenvalue weighted by atomic mass is 9.97. The van der Waals surface area contributed by atoms with E-state index in [1.807, 2.05) is 7.05 Å². The van der Waals surface area contributed by atoms with Gasteiger partial charge in [-0.1, -0.05) is 30.7 Å². The molecule has 186 valence electrons. The first-order chi connectivity index (χ1) is 15.5. The van der Waals surface area contributed by atoms with Crippen LogP contribution >= 0.6 is 24.0 Å². The number of piperidine rings is 2. The van der Waals surface area contributed by atoms with Crippen molar-refractivity contribution in [1.82, 2.24) is 20.4 Å². The zero-order valence-electron chi connectivity index (χ0n) is 20.4. The minimum atomic E-state index is -0.169. The van der Waals surface area contributed by atoms with Crippen LogP contribution in [0.1, 0.15) is 56.6 Å². The SMILES string of the molecule is CN=C(NCCCN1CCCCC1C)NCc1cccc(CN2CCCC(C(N)=O)C2)c1.I. The Morgan fingerprint density at radius 1 is 1.15 bits per heavy atom. The Balaban J connectivity index is 0.00000385. The van der Waals surface area contributed by atoms with E-state index in [0.717, 1.165) is 70.5 Å². The molecule has 2 aliphatic heterocycles. The highest BCUT2D eigenvalue weighted by Crippen LogP contribution is 2.19. The number of aliphatic imine (C=N–C) groups is 1. The van der Waals surface area contributed by atoms with Crippen LogP contribution in [0.5, 0.6) is 0 Å². The number of guanidine groups is 1. The molecule has 2 unspecified atom stereocenters. The Labute approximate surface area is 217 Å². The lowest BCUT2D eigenvalue weighted by Crippen LogP contribution is -2.41. The van der Waals surface area contributed by atoms with Crippen molar-refractivity contribution < 1.29 is 4.79 Å². The largest absolute Gasteiger partial charge is 0.369 e. The Morgan fingerprint density at radius 3 is 2.73 bits per heavy atom. The van der Waals surface area contributed by atoms with E-state index in [2.05, 4.69) is 56.6 Å². The highest BCUT2D eigenvalue weighted by molar-refractivity contribution is 14.0. The molecule has 2 aliphatic rings. The van der Waals surface area contributed by atoms with E-state index in [0.29, 0.717) is 0 Å². The van der Waals surface area contributed by atoms with Gasteiger partial charge >= 0.3 is 0 Å². The van der Waals surface area contributed by atoms with Crippen molar-refractivity contribution >= 4 is 35.8 Å². The number of carbonyl (C=O) groups is 1. The molecule has 0 saturated carbocycles. The van der Waals surface area contributed by atoms with Crippen LogP contribution in [-0.2, 0) is 17.9 Å². The summed E-state index contributed by atoms with van der Waals surface area (Å²) in [6, 6.07) is 9.37. The number of halogens is 1. The molecule has 2 saturated heterocycles. The van der Waals surface area contributed by atoms with Crippen molar-refractivity contribution in [3.63, 3.8) is 0 Å². The number of nitrogens with two attached hydrogens (primary N) is 1. The lowest BCUT2D eigenvalue weighted by Gasteiger charge is -2.33. The van der Waals surface area contributed by atoms with Gasteiger partial charge in [0.1, 0.15) is 0 Å². The average molecular weight is 571 g/mol. The quantitative estimate of drug-likeness (QED) is 0.184. The second kappa shape index (κ2) is 14.8. The number of likely N-dealkylation sites (tertiary alicyclic amines) is 2. The summed E-state index contributed by atoms with van der Waals surface area (Å²) in [4.78, 5) is 20.9. The summed E-state index contributed by atoms with van der Waals surface area (Å²) in [7, 11) is 1.82. The second-order valence-corrected chi connectivity index (χ2v) is 9.38. The smallest absolute Gasteiger partial charge is 0.221 e. The van der Waals surface area contributed by atoms with Gasteiger partial charge in [-0.2, -0.15) is 0 Å². The number of nitrogens with zero attached hydrogens (tertiary/aromatic N) is 3. The number of hydrogen-bond acceptors (Lipinski definition) is 4. The van der Waals surface area contributed by atoms with E-state index in [1.165, 1.54) is 36.9 Å². The van der Waals surface area contributed by atoms with Crippen LogP contribution in [0.25, 0.3) is 0 Å². The summed E-state index contributed by atoms with van der Waals surface area (Å²) in [5.74, 6) is 0.667. The molecule has 8 heteroatoms. The topological polar surface area (TPSA) is 86.0 Å². The van der Waals surface area contributed by atoms with Crippen molar-refractivity contribution in [2.45, 2.75) is 64.6 Å². The molecule has 33 heavy (non-hydrogen) atoms. The molecule has 7 nitrogen and oxygen atoms in total. The van der Waals surface area contributed by atoms with Gasteiger partial charge in [0, 0.05) is 45.8 Å². The molecule has 3 rings (SSSR count). The van der Waals surface area contributed by atoms with Gasteiger partial charge in [0.05, 0.1) is 5.92 Å². The van der Waals surface area contributed by atoms with E-state index in [-0.39, 0.29) is 35.8 Å². The summed E-state index contributed by atoms with van der Waals surface area (Å²) < 4.78 is 0. The first kappa shape index (κ1) is 27.9. The predicted octanol–water partition coefficient (Wildman–Crippen LogP) is 2.93. The summed E-state index contributed by atoms with van der Waals surface area (Å²) in [6.07, 6.45) is 7.12. The number of nitrogens with one attached hydrogen (secondary N) is 2. The van der Waals surface area contributed by atoms with Gasteiger partial charge in [-0.15, -0.1) is 24.0 Å². The molecule has 1 aromatic carbocycles. The molecule has 0 radical (unpaired) electrons. The van der Waals surface area contributed by atoms with Gasteiger partial charge in [0.25, 0.3) is 0 Å². The third-order valence-electron chi connectivity index (χ3n) is 6.84. The molecule has 1 aromatic rings. The van der Waals surface area contributed by atoms with Gasteiger partial charge < -0.3 is 21.3 Å². The van der Waals surface area contributed by atoms with E-state index >= 15 is 0 Å². The van der Waals surface area contributed by atoms with Crippen LogP contribution in [0, 0.1) is 5.92 Å². The number of amides is 1. The van der Waals surface area contributed by atoms with Crippen LogP contribution in [0.2, 0.25) is 0 Å². The summed E-state index contributed by atoms with van der Waals surface area (Å²) in [5, 5.41) is 6.89. The number of benzene rings is 1. The van der Waals surface area contributed by atoms with Crippen LogP contribution in [-0.4, -0.2) is 67.5 Å². The maximum Gasteiger partial charge on any atom is 0.221 e. The van der Waals surface area contributed by atoms with Crippen LogP contribution < -0.4 is 16.4 Å². The van der Waals surface area contributed by atoms with E-state index in [9.17, 15) is 4.79 Å². The average Bonchev–Trinajstić information content (AvgIpc) is 2.80. The third kappa shape index (κ3) is 9.41. The predicted molar refractivity (Wildman–Crippen MR) is 147 cm³/mol. The van der Waals surface area contributed by atoms with E-state index in [1.54, 1.807) is 0 Å². The monoisotopic (exact) mass is 570 g/mol. The Morgan fingerprint density at radius 2 is 1.97 bits per heavy atom. The molecule has 0 spiro atoms. The Kier molecular flexibility index (Phi) is 12.5. The highest BCUT2D eigenvalue weighted by Gasteiger charge is 2.23. The summed E-state index contributed by atoms with van der Waals surface area (Å²) in [6.45, 7) is 9.07. The lowest BCUT2D eigenvalue weighted by molar-refractivity contribution is -0.123. The highest BCUT2D eigenvalue weighted by atomic mass is 127. The maximum atomic E-state index is 11.5. The van der Waals surface area contributed by atoms with Crippen molar-refractivity contribution in [1.29, 1.82) is 0 Å². The van der Waals surface area contributed by atoms with Gasteiger partial charge in [0.2, 0.25) is 5.91 Å². The van der Waals surface area contributed by atoms with Crippen molar-refractivity contribution in [3.05, 3.63) is 35.4 Å². The fourth-order valence-electron chi connectivity index (χ4n) is 4.91. The molecule has 2 fully saturated rings. The first-order valence-electron chi connectivity index (χ1n) is 12.3. The van der Waals surface area contributed by atoms with Crippen LogP contribution in [0.3, 0.4) is 0 Å². The minimum absolute atomic E-state index is 0. The van der Waals surface area contributed by atoms with Gasteiger partial charge in [0.15, 0.2) is 5.96 Å². The molecular weight excluding hydrogens is 527 g/mol. The third-order valence-corrected chi connectivity index (χ3v) is 6.84. The number of hydrogen-bond donors (Lipinski definition) is 3. The first-order valence-corrected chi connectivity index (χ1v) is 12.3. The van der Waals surface area contributed by atoms with Crippen LogP contribution in [0.4, 0.5) is 0 Å². The minimum Gasteiger partial charge on any atom is -0.369 e. The maximum absolute atomic E-state index is 11.5. The molecule has 4 N–H and O–H groups in total. The number of rotatable bonds is 9. The Bertz CT molecular complexity index is 758. The second-order valence-electron chi connectivity index (χ2n) is 9.38. The fraction of sp³-hybridized carbons (Fsp3) is 0.680. The fourth-order valence-corrected chi connectivity index (χ4v) is 4.91.